The van der Waals surface area contributed by atoms with Crippen molar-refractivity contribution >= 4 is 12.4 Å². The number of aryl methyl sites for hydroxylation is 1. The summed E-state index contributed by atoms with van der Waals surface area (Å²) in [6.07, 6.45) is 4.57. The van der Waals surface area contributed by atoms with Gasteiger partial charge in [-0.05, 0) is 25.8 Å². The third-order valence-electron chi connectivity index (χ3n) is 2.15. The first-order valence-electron chi connectivity index (χ1n) is 4.90. The summed E-state index contributed by atoms with van der Waals surface area (Å²) < 4.78 is 0. The van der Waals surface area contributed by atoms with Crippen LogP contribution in [-0.4, -0.2) is 6.29 Å². The summed E-state index contributed by atoms with van der Waals surface area (Å²) in [5.41, 5.74) is 3.73. The fourth-order valence-corrected chi connectivity index (χ4v) is 1.31. The monoisotopic (exact) mass is 188 g/mol. The lowest BCUT2D eigenvalue weighted by molar-refractivity contribution is -0.107. The van der Waals surface area contributed by atoms with Gasteiger partial charge in [-0.25, -0.2) is 0 Å². The van der Waals surface area contributed by atoms with Gasteiger partial charge in [0.05, 0.1) is 0 Å². The Morgan fingerprint density at radius 3 is 2.50 bits per heavy atom. The highest BCUT2D eigenvalue weighted by molar-refractivity contribution is 5.55. The number of benzene rings is 1. The molecule has 1 rings (SSSR count). The molecule has 0 atom stereocenters. The first-order valence-corrected chi connectivity index (χ1v) is 4.90. The zero-order chi connectivity index (χ0) is 10.4. The number of hydrogen-bond donors (Lipinski definition) is 0. The third kappa shape index (κ3) is 3.56. The van der Waals surface area contributed by atoms with Gasteiger partial charge in [-0.2, -0.15) is 0 Å². The second kappa shape index (κ2) is 5.38. The van der Waals surface area contributed by atoms with Crippen LogP contribution in [-0.2, 0) is 4.79 Å². The molecule has 74 valence electrons. The molecule has 14 heavy (non-hydrogen) atoms. The molecule has 0 saturated heterocycles. The molecule has 0 aliphatic heterocycles. The summed E-state index contributed by atoms with van der Waals surface area (Å²) >= 11 is 0. The van der Waals surface area contributed by atoms with Gasteiger partial charge < -0.3 is 4.79 Å². The minimum absolute atomic E-state index is 0.619. The second-order valence-corrected chi connectivity index (χ2v) is 3.61. The Kier molecular flexibility index (Phi) is 4.11. The molecule has 0 unspecified atom stereocenters. The fraction of sp³-hybridized carbons (Fsp3) is 0.308. The standard InChI is InChI=1S/C13H16O/c1-11-5-7-13(8-6-11)10-12(2)4-3-9-14/h5-10H,3-4H2,1-2H3/b12-10+. The molecule has 1 aromatic rings. The van der Waals surface area contributed by atoms with Crippen molar-refractivity contribution in [1.29, 1.82) is 0 Å². The Balaban J connectivity index is 2.66. The number of hydrogen-bond acceptors (Lipinski definition) is 1. The fourth-order valence-electron chi connectivity index (χ4n) is 1.31. The van der Waals surface area contributed by atoms with E-state index in [-0.39, 0.29) is 0 Å². The smallest absolute Gasteiger partial charge is 0.120 e. The number of allylic oxidation sites excluding steroid dienone is 1. The Labute approximate surface area is 85.5 Å². The number of carbonyl (C=O) groups is 1. The van der Waals surface area contributed by atoms with Crippen LogP contribution in [0.25, 0.3) is 6.08 Å². The van der Waals surface area contributed by atoms with Crippen LogP contribution in [0.5, 0.6) is 0 Å². The van der Waals surface area contributed by atoms with E-state index in [0.29, 0.717) is 6.42 Å². The van der Waals surface area contributed by atoms with Gasteiger partial charge in [0, 0.05) is 6.42 Å². The molecule has 0 heterocycles. The molecule has 0 fully saturated rings. The highest BCUT2D eigenvalue weighted by Gasteiger charge is 1.91. The minimum Gasteiger partial charge on any atom is -0.303 e. The summed E-state index contributed by atoms with van der Waals surface area (Å²) in [4.78, 5) is 10.2. The van der Waals surface area contributed by atoms with Crippen LogP contribution in [0.3, 0.4) is 0 Å². The summed E-state index contributed by atoms with van der Waals surface area (Å²) in [7, 11) is 0. The van der Waals surface area contributed by atoms with E-state index in [0.717, 1.165) is 12.7 Å². The van der Waals surface area contributed by atoms with E-state index in [4.69, 9.17) is 0 Å². The van der Waals surface area contributed by atoms with Crippen LogP contribution < -0.4 is 0 Å². The topological polar surface area (TPSA) is 17.1 Å². The van der Waals surface area contributed by atoms with Gasteiger partial charge in [0.15, 0.2) is 0 Å². The van der Waals surface area contributed by atoms with Gasteiger partial charge >= 0.3 is 0 Å². The SMILES string of the molecule is C/C(=C\c1ccc(C)cc1)CCC=O. The van der Waals surface area contributed by atoms with Crippen LogP contribution in [0, 0.1) is 6.92 Å². The van der Waals surface area contributed by atoms with Crippen LogP contribution in [0.4, 0.5) is 0 Å². The largest absolute Gasteiger partial charge is 0.303 e. The molecule has 1 nitrogen and oxygen atoms in total. The van der Waals surface area contributed by atoms with Gasteiger partial charge in [0.2, 0.25) is 0 Å². The van der Waals surface area contributed by atoms with Gasteiger partial charge in [0.25, 0.3) is 0 Å². The first-order chi connectivity index (χ1) is 6.72. The van der Waals surface area contributed by atoms with E-state index >= 15 is 0 Å². The Bertz CT molecular complexity index is 320. The molecule has 0 amide bonds. The van der Waals surface area contributed by atoms with E-state index in [1.54, 1.807) is 0 Å². The van der Waals surface area contributed by atoms with Crippen molar-refractivity contribution in [3.8, 4) is 0 Å². The van der Waals surface area contributed by atoms with Crippen molar-refractivity contribution in [2.24, 2.45) is 0 Å². The van der Waals surface area contributed by atoms with E-state index < -0.39 is 0 Å². The van der Waals surface area contributed by atoms with E-state index in [9.17, 15) is 4.79 Å². The van der Waals surface area contributed by atoms with E-state index in [1.165, 1.54) is 16.7 Å². The molecule has 0 N–H and O–H groups in total. The van der Waals surface area contributed by atoms with E-state index in [2.05, 4.69) is 44.2 Å². The summed E-state index contributed by atoms with van der Waals surface area (Å²) in [5, 5.41) is 0. The van der Waals surface area contributed by atoms with Crippen molar-refractivity contribution < 1.29 is 4.79 Å². The average molecular weight is 188 g/mol. The van der Waals surface area contributed by atoms with Crippen LogP contribution >= 0.6 is 0 Å². The number of carbonyl (C=O) groups excluding carboxylic acids is 1. The van der Waals surface area contributed by atoms with Gasteiger partial charge in [-0.3, -0.25) is 0 Å². The summed E-state index contributed by atoms with van der Waals surface area (Å²) in [6.45, 7) is 4.14. The maximum absolute atomic E-state index is 10.2. The zero-order valence-corrected chi connectivity index (χ0v) is 8.79. The van der Waals surface area contributed by atoms with Gasteiger partial charge in [-0.1, -0.05) is 41.5 Å². The van der Waals surface area contributed by atoms with Crippen molar-refractivity contribution in [1.82, 2.24) is 0 Å². The summed E-state index contributed by atoms with van der Waals surface area (Å²) in [6, 6.07) is 8.39. The molecule has 1 heteroatoms. The van der Waals surface area contributed by atoms with Gasteiger partial charge in [0.1, 0.15) is 6.29 Å². The Morgan fingerprint density at radius 2 is 1.93 bits per heavy atom. The normalized spacial score (nSPS) is 11.4. The molecular weight excluding hydrogens is 172 g/mol. The lowest BCUT2D eigenvalue weighted by Gasteiger charge is -1.99. The molecule has 1 aromatic carbocycles. The molecule has 0 aliphatic rings. The Hall–Kier alpha value is -1.37. The van der Waals surface area contributed by atoms with Crippen molar-refractivity contribution in [2.45, 2.75) is 26.7 Å². The van der Waals surface area contributed by atoms with Crippen molar-refractivity contribution in [3.05, 3.63) is 41.0 Å². The highest BCUT2D eigenvalue weighted by Crippen LogP contribution is 2.11. The molecule has 0 spiro atoms. The maximum atomic E-state index is 10.2. The van der Waals surface area contributed by atoms with E-state index in [1.807, 2.05) is 0 Å². The molecule has 0 aliphatic carbocycles. The second-order valence-electron chi connectivity index (χ2n) is 3.61. The van der Waals surface area contributed by atoms with Crippen LogP contribution in [0.1, 0.15) is 30.9 Å². The summed E-state index contributed by atoms with van der Waals surface area (Å²) in [5.74, 6) is 0. The number of rotatable bonds is 4. The van der Waals surface area contributed by atoms with Crippen molar-refractivity contribution in [2.75, 3.05) is 0 Å². The predicted octanol–water partition coefficient (Wildman–Crippen LogP) is 3.38. The van der Waals surface area contributed by atoms with Gasteiger partial charge in [-0.15, -0.1) is 0 Å². The van der Waals surface area contributed by atoms with Crippen LogP contribution in [0.15, 0.2) is 29.8 Å². The maximum Gasteiger partial charge on any atom is 0.120 e. The van der Waals surface area contributed by atoms with Crippen LogP contribution in [0.2, 0.25) is 0 Å². The number of aldehydes is 1. The molecule has 0 saturated carbocycles. The quantitative estimate of drug-likeness (QED) is 0.662. The zero-order valence-electron chi connectivity index (χ0n) is 8.79. The minimum atomic E-state index is 0.619. The third-order valence-corrected chi connectivity index (χ3v) is 2.15. The first kappa shape index (κ1) is 10.7. The Morgan fingerprint density at radius 1 is 1.29 bits per heavy atom. The highest BCUT2D eigenvalue weighted by atomic mass is 16.1. The molecule has 0 radical (unpaired) electrons. The lowest BCUT2D eigenvalue weighted by atomic mass is 10.1. The predicted molar refractivity (Wildman–Crippen MR) is 60.1 cm³/mol. The molecule has 0 aromatic heterocycles. The molecular formula is C13H16O. The molecule has 0 bridgehead atoms. The average Bonchev–Trinajstić information content (AvgIpc) is 2.18. The lowest BCUT2D eigenvalue weighted by Crippen LogP contribution is -1.80. The van der Waals surface area contributed by atoms with Crippen molar-refractivity contribution in [3.63, 3.8) is 0 Å².